The second-order valence-corrected chi connectivity index (χ2v) is 6.10. The number of pyridine rings is 1. The van der Waals surface area contributed by atoms with Crippen LogP contribution in [0.1, 0.15) is 0 Å². The molecule has 0 fully saturated rings. The van der Waals surface area contributed by atoms with Gasteiger partial charge in [0.05, 0.1) is 26.7 Å². The van der Waals surface area contributed by atoms with Crippen LogP contribution in [0.15, 0.2) is 41.7 Å². The largest absolute Gasteiger partial charge is 0.333 e. The number of carbonyl (C=O) groups excluding carboxylic acids is 1. The molecule has 0 aliphatic rings. The number of benzene rings is 1. The van der Waals surface area contributed by atoms with Gasteiger partial charge >= 0.3 is 0 Å². The molecule has 24 heavy (non-hydrogen) atoms. The van der Waals surface area contributed by atoms with Gasteiger partial charge in [-0.25, -0.2) is 9.97 Å². The molecule has 0 aliphatic carbocycles. The first-order valence-corrected chi connectivity index (χ1v) is 8.06. The van der Waals surface area contributed by atoms with Crippen molar-refractivity contribution < 1.29 is 9.72 Å². The number of rotatable bonds is 5. The summed E-state index contributed by atoms with van der Waals surface area (Å²) in [6.45, 7) is 0. The Bertz CT molecular complexity index is 912. The monoisotopic (exact) mass is 363 g/mol. The van der Waals surface area contributed by atoms with Crippen molar-refractivity contribution in [1.29, 1.82) is 0 Å². The zero-order valence-corrected chi connectivity index (χ0v) is 13.6. The molecule has 0 atom stereocenters. The molecule has 10 heteroatoms. The number of hydrogen-bond acceptors (Lipinski definition) is 6. The number of H-pyrrole nitrogens is 1. The van der Waals surface area contributed by atoms with Gasteiger partial charge in [-0.05, 0) is 18.2 Å². The van der Waals surface area contributed by atoms with Crippen molar-refractivity contribution in [3.63, 3.8) is 0 Å². The Morgan fingerprint density at radius 1 is 1.38 bits per heavy atom. The lowest BCUT2D eigenvalue weighted by atomic mass is 10.3. The van der Waals surface area contributed by atoms with Crippen LogP contribution in [0.5, 0.6) is 0 Å². The predicted molar refractivity (Wildman–Crippen MR) is 91.3 cm³/mol. The standard InChI is InChI=1S/C14H10ClN5O3S/c15-8-1-4-12(16-6-8)19-13(21)7-24-14-17-10-3-2-9(20(22)23)5-11(10)18-14/h1-6H,7H2,(H,17,18)(H,16,19,21). The molecule has 0 radical (unpaired) electrons. The van der Waals surface area contributed by atoms with Gasteiger partial charge in [-0.1, -0.05) is 23.4 Å². The summed E-state index contributed by atoms with van der Waals surface area (Å²) in [6.07, 6.45) is 1.44. The summed E-state index contributed by atoms with van der Waals surface area (Å²) < 4.78 is 0. The molecule has 1 amide bonds. The Balaban J connectivity index is 1.63. The van der Waals surface area contributed by atoms with Crippen molar-refractivity contribution >= 4 is 51.8 Å². The molecule has 0 bridgehead atoms. The van der Waals surface area contributed by atoms with Gasteiger partial charge in [0.2, 0.25) is 5.91 Å². The molecule has 2 N–H and O–H groups in total. The van der Waals surface area contributed by atoms with E-state index in [0.717, 1.165) is 0 Å². The normalized spacial score (nSPS) is 10.7. The number of halogens is 1. The van der Waals surface area contributed by atoms with Crippen LogP contribution in [0.2, 0.25) is 5.02 Å². The number of thioether (sulfide) groups is 1. The Kier molecular flexibility index (Phi) is 4.63. The highest BCUT2D eigenvalue weighted by Crippen LogP contribution is 2.23. The minimum Gasteiger partial charge on any atom is -0.333 e. The number of nitrogens with zero attached hydrogens (tertiary/aromatic N) is 3. The molecule has 122 valence electrons. The van der Waals surface area contributed by atoms with Crippen LogP contribution < -0.4 is 5.32 Å². The third kappa shape index (κ3) is 3.81. The Morgan fingerprint density at radius 3 is 2.92 bits per heavy atom. The van der Waals surface area contributed by atoms with Crippen LogP contribution >= 0.6 is 23.4 Å². The van der Waals surface area contributed by atoms with E-state index in [4.69, 9.17) is 11.6 Å². The van der Waals surface area contributed by atoms with Gasteiger partial charge in [0.1, 0.15) is 5.82 Å². The lowest BCUT2D eigenvalue weighted by Gasteiger charge is -2.02. The first-order chi connectivity index (χ1) is 11.5. The molecule has 8 nitrogen and oxygen atoms in total. The Morgan fingerprint density at radius 2 is 2.21 bits per heavy atom. The minimum absolute atomic E-state index is 0.0192. The van der Waals surface area contributed by atoms with Crippen LogP contribution in [-0.2, 0) is 4.79 Å². The number of aromatic amines is 1. The lowest BCUT2D eigenvalue weighted by Crippen LogP contribution is -2.14. The van der Waals surface area contributed by atoms with Crippen molar-refractivity contribution in [1.82, 2.24) is 15.0 Å². The van der Waals surface area contributed by atoms with Crippen molar-refractivity contribution in [2.45, 2.75) is 5.16 Å². The summed E-state index contributed by atoms with van der Waals surface area (Å²) in [5, 5.41) is 14.4. The molecule has 3 rings (SSSR count). The number of carbonyl (C=O) groups is 1. The summed E-state index contributed by atoms with van der Waals surface area (Å²) in [5.41, 5.74) is 1.13. The van der Waals surface area contributed by atoms with E-state index in [1.165, 1.54) is 30.1 Å². The fraction of sp³-hybridized carbons (Fsp3) is 0.0714. The average Bonchev–Trinajstić information content (AvgIpc) is 2.97. The second-order valence-electron chi connectivity index (χ2n) is 4.70. The van der Waals surface area contributed by atoms with Crippen molar-refractivity contribution in [3.8, 4) is 0 Å². The smallest absolute Gasteiger partial charge is 0.271 e. The van der Waals surface area contributed by atoms with Gasteiger partial charge < -0.3 is 10.3 Å². The predicted octanol–water partition coefficient (Wildman–Crippen LogP) is 3.25. The summed E-state index contributed by atoms with van der Waals surface area (Å²) in [5.74, 6) is 0.276. The number of nitrogens with one attached hydrogen (secondary N) is 2. The van der Waals surface area contributed by atoms with E-state index in [2.05, 4.69) is 20.3 Å². The van der Waals surface area contributed by atoms with Gasteiger partial charge in [-0.15, -0.1) is 0 Å². The van der Waals surface area contributed by atoms with Crippen molar-refractivity contribution in [2.75, 3.05) is 11.1 Å². The number of non-ortho nitro benzene ring substituents is 1. The zero-order chi connectivity index (χ0) is 17.1. The van der Waals surface area contributed by atoms with Crippen LogP contribution in [0, 0.1) is 10.1 Å². The molecule has 0 saturated heterocycles. The molecule has 2 heterocycles. The summed E-state index contributed by atoms with van der Waals surface area (Å²) in [6, 6.07) is 7.58. The number of hydrogen-bond donors (Lipinski definition) is 2. The number of fused-ring (bicyclic) bond motifs is 1. The van der Waals surface area contributed by atoms with Gasteiger partial charge in [-0.3, -0.25) is 14.9 Å². The average molecular weight is 364 g/mol. The van der Waals surface area contributed by atoms with Gasteiger partial charge in [0.15, 0.2) is 5.16 Å². The Labute approximate surface area is 144 Å². The lowest BCUT2D eigenvalue weighted by molar-refractivity contribution is -0.384. The highest BCUT2D eigenvalue weighted by atomic mass is 35.5. The molecule has 0 spiro atoms. The second kappa shape index (κ2) is 6.85. The van der Waals surface area contributed by atoms with Gasteiger partial charge in [0, 0.05) is 18.3 Å². The maximum atomic E-state index is 11.9. The number of aromatic nitrogens is 3. The molecule has 0 unspecified atom stereocenters. The van der Waals surface area contributed by atoms with Crippen LogP contribution in [-0.4, -0.2) is 31.5 Å². The number of imidazole rings is 1. The van der Waals surface area contributed by atoms with Gasteiger partial charge in [0.25, 0.3) is 5.69 Å². The SMILES string of the molecule is O=C(CSc1nc2ccc([N+](=O)[O-])cc2[nH]1)Nc1ccc(Cl)cn1. The Hall–Kier alpha value is -2.65. The highest BCUT2D eigenvalue weighted by molar-refractivity contribution is 7.99. The molecule has 0 aliphatic heterocycles. The molecule has 1 aromatic carbocycles. The van der Waals surface area contributed by atoms with E-state index in [-0.39, 0.29) is 17.3 Å². The van der Waals surface area contributed by atoms with E-state index in [0.29, 0.717) is 27.0 Å². The van der Waals surface area contributed by atoms with E-state index in [9.17, 15) is 14.9 Å². The maximum Gasteiger partial charge on any atom is 0.271 e. The summed E-state index contributed by atoms with van der Waals surface area (Å²) in [7, 11) is 0. The fourth-order valence-electron chi connectivity index (χ4n) is 1.92. The molecular weight excluding hydrogens is 354 g/mol. The van der Waals surface area contributed by atoms with E-state index in [1.807, 2.05) is 0 Å². The maximum absolute atomic E-state index is 11.9. The first kappa shape index (κ1) is 16.2. The molecule has 2 aromatic heterocycles. The summed E-state index contributed by atoms with van der Waals surface area (Å²) >= 11 is 6.91. The van der Waals surface area contributed by atoms with Crippen LogP contribution in [0.3, 0.4) is 0 Å². The quantitative estimate of drug-likeness (QED) is 0.408. The number of anilines is 1. The first-order valence-electron chi connectivity index (χ1n) is 6.69. The molecule has 3 aromatic rings. The third-order valence-corrected chi connectivity index (χ3v) is 4.09. The van der Waals surface area contributed by atoms with Crippen molar-refractivity contribution in [3.05, 3.63) is 51.7 Å². The van der Waals surface area contributed by atoms with E-state index in [1.54, 1.807) is 18.2 Å². The fourth-order valence-corrected chi connectivity index (χ4v) is 2.72. The minimum atomic E-state index is -0.473. The van der Waals surface area contributed by atoms with E-state index < -0.39 is 4.92 Å². The number of amides is 1. The third-order valence-electron chi connectivity index (χ3n) is 2.99. The highest BCUT2D eigenvalue weighted by Gasteiger charge is 2.11. The zero-order valence-electron chi connectivity index (χ0n) is 12.0. The van der Waals surface area contributed by atoms with E-state index >= 15 is 0 Å². The van der Waals surface area contributed by atoms with Crippen LogP contribution in [0.25, 0.3) is 11.0 Å². The topological polar surface area (TPSA) is 114 Å². The number of nitro benzene ring substituents is 1. The summed E-state index contributed by atoms with van der Waals surface area (Å²) in [4.78, 5) is 33.4. The molecule has 0 saturated carbocycles. The van der Waals surface area contributed by atoms with Crippen molar-refractivity contribution in [2.24, 2.45) is 0 Å². The number of nitro groups is 1. The van der Waals surface area contributed by atoms with Crippen LogP contribution in [0.4, 0.5) is 11.5 Å². The van der Waals surface area contributed by atoms with Gasteiger partial charge in [-0.2, -0.15) is 0 Å². The molecular formula is C14H10ClN5O3S.